The minimum Gasteiger partial charge on any atom is -0.339 e. The Balaban J connectivity index is 2.51. The molecule has 0 spiro atoms. The first-order chi connectivity index (χ1) is 7.05. The summed E-state index contributed by atoms with van der Waals surface area (Å²) in [5.41, 5.74) is 0. The number of sulfone groups is 1. The maximum absolute atomic E-state index is 11.5. The molecule has 0 aliphatic carbocycles. The number of carbonyl (C=O) groups excluding carboxylic acids is 1. The van der Waals surface area contributed by atoms with E-state index in [4.69, 9.17) is 5.26 Å². The van der Waals surface area contributed by atoms with E-state index in [1.807, 2.05) is 0 Å². The molecule has 0 aromatic rings. The Morgan fingerprint density at radius 1 is 1.40 bits per heavy atom. The largest absolute Gasteiger partial charge is 0.339 e. The Morgan fingerprint density at radius 2 is 2.00 bits per heavy atom. The van der Waals surface area contributed by atoms with Gasteiger partial charge in [-0.2, -0.15) is 5.26 Å². The Bertz CT molecular complexity index is 365. The summed E-state index contributed by atoms with van der Waals surface area (Å²) < 4.78 is 22.4. The summed E-state index contributed by atoms with van der Waals surface area (Å²) in [6.45, 7) is 2.43. The van der Waals surface area contributed by atoms with Gasteiger partial charge in [0.05, 0.1) is 6.07 Å². The Morgan fingerprint density at radius 3 is 2.53 bits per heavy atom. The number of amides is 1. The molecular formula is C8H13N3O3S. The minimum absolute atomic E-state index is 0.410. The van der Waals surface area contributed by atoms with Crippen LogP contribution in [0, 0.1) is 11.3 Å². The summed E-state index contributed by atoms with van der Waals surface area (Å²) in [6, 6.07) is 1.55. The first-order valence-corrected chi connectivity index (χ1v) is 6.43. The second-order valence-corrected chi connectivity index (χ2v) is 5.39. The first-order valence-electron chi connectivity index (χ1n) is 4.61. The molecule has 1 aliphatic rings. The molecule has 1 N–H and O–H groups in total. The van der Waals surface area contributed by atoms with E-state index < -0.39 is 27.3 Å². The minimum atomic E-state index is -3.55. The summed E-state index contributed by atoms with van der Waals surface area (Å²) >= 11 is 0. The number of piperazine rings is 1. The van der Waals surface area contributed by atoms with Crippen molar-refractivity contribution in [3.63, 3.8) is 0 Å². The second kappa shape index (κ2) is 5.09. The predicted octanol–water partition coefficient (Wildman–Crippen LogP) is -1.64. The van der Waals surface area contributed by atoms with Crippen molar-refractivity contribution >= 4 is 15.7 Å². The van der Waals surface area contributed by atoms with Gasteiger partial charge in [0.25, 0.3) is 0 Å². The number of hydrogen-bond acceptors (Lipinski definition) is 5. The summed E-state index contributed by atoms with van der Waals surface area (Å²) in [5.74, 6) is -1.56. The Labute approximate surface area is 88.8 Å². The topological polar surface area (TPSA) is 90.3 Å². The van der Waals surface area contributed by atoms with Crippen molar-refractivity contribution in [2.45, 2.75) is 0 Å². The molecule has 0 atom stereocenters. The normalized spacial score (nSPS) is 17.1. The van der Waals surface area contributed by atoms with Crippen LogP contribution >= 0.6 is 0 Å². The van der Waals surface area contributed by atoms with Crippen molar-refractivity contribution in [1.82, 2.24) is 10.2 Å². The molecule has 15 heavy (non-hydrogen) atoms. The molecule has 1 heterocycles. The fourth-order valence-corrected chi connectivity index (χ4v) is 2.20. The van der Waals surface area contributed by atoms with Crippen molar-refractivity contribution in [3.05, 3.63) is 0 Å². The van der Waals surface area contributed by atoms with Crippen LogP contribution in [0.2, 0.25) is 0 Å². The smallest absolute Gasteiger partial charge is 0.237 e. The lowest BCUT2D eigenvalue weighted by molar-refractivity contribution is -0.128. The molecule has 0 aromatic heterocycles. The van der Waals surface area contributed by atoms with E-state index >= 15 is 0 Å². The molecule has 0 unspecified atom stereocenters. The monoisotopic (exact) mass is 231 g/mol. The molecule has 0 bridgehead atoms. The molecule has 0 saturated carbocycles. The molecule has 7 heteroatoms. The van der Waals surface area contributed by atoms with Crippen molar-refractivity contribution in [3.8, 4) is 6.07 Å². The van der Waals surface area contributed by atoms with Gasteiger partial charge >= 0.3 is 0 Å². The number of nitrogens with one attached hydrogen (secondary N) is 1. The summed E-state index contributed by atoms with van der Waals surface area (Å²) in [7, 11) is -3.55. The van der Waals surface area contributed by atoms with Crippen molar-refractivity contribution in [2.24, 2.45) is 0 Å². The van der Waals surface area contributed by atoms with Crippen molar-refractivity contribution in [2.75, 3.05) is 37.7 Å². The maximum Gasteiger partial charge on any atom is 0.237 e. The van der Waals surface area contributed by atoms with Gasteiger partial charge < -0.3 is 10.2 Å². The highest BCUT2D eigenvalue weighted by Gasteiger charge is 2.22. The SMILES string of the molecule is N#CCS(=O)(=O)CC(=O)N1CCNCC1. The fraction of sp³-hybridized carbons (Fsp3) is 0.750. The van der Waals surface area contributed by atoms with Crippen LogP contribution in [0.3, 0.4) is 0 Å². The van der Waals surface area contributed by atoms with Gasteiger partial charge in [0.2, 0.25) is 5.91 Å². The summed E-state index contributed by atoms with van der Waals surface area (Å²) in [5, 5.41) is 11.3. The van der Waals surface area contributed by atoms with Crippen LogP contribution in [-0.2, 0) is 14.6 Å². The highest BCUT2D eigenvalue weighted by Crippen LogP contribution is 1.98. The second-order valence-electron chi connectivity index (χ2n) is 3.32. The van der Waals surface area contributed by atoms with Crippen molar-refractivity contribution in [1.29, 1.82) is 5.26 Å². The predicted molar refractivity (Wildman–Crippen MR) is 53.7 cm³/mol. The van der Waals surface area contributed by atoms with Crippen LogP contribution in [0.25, 0.3) is 0 Å². The summed E-state index contributed by atoms with van der Waals surface area (Å²) in [4.78, 5) is 13.0. The number of carbonyl (C=O) groups is 1. The zero-order valence-electron chi connectivity index (χ0n) is 8.27. The quantitative estimate of drug-likeness (QED) is 0.629. The van der Waals surface area contributed by atoms with Crippen LogP contribution in [0.5, 0.6) is 0 Å². The number of nitrogens with zero attached hydrogens (tertiary/aromatic N) is 2. The van der Waals surface area contributed by atoms with Crippen LogP contribution in [0.15, 0.2) is 0 Å². The number of hydrogen-bond donors (Lipinski definition) is 1. The molecule has 0 radical (unpaired) electrons. The molecule has 84 valence electrons. The van der Waals surface area contributed by atoms with Gasteiger partial charge in [0, 0.05) is 26.2 Å². The van der Waals surface area contributed by atoms with E-state index in [1.165, 1.54) is 4.90 Å². The van der Waals surface area contributed by atoms with E-state index in [2.05, 4.69) is 5.32 Å². The maximum atomic E-state index is 11.5. The van der Waals surface area contributed by atoms with Crippen LogP contribution < -0.4 is 5.32 Å². The summed E-state index contributed by atoms with van der Waals surface area (Å²) in [6.07, 6.45) is 0. The van der Waals surface area contributed by atoms with Crippen LogP contribution in [-0.4, -0.2) is 56.9 Å². The third kappa shape index (κ3) is 3.85. The van der Waals surface area contributed by atoms with E-state index in [9.17, 15) is 13.2 Å². The highest BCUT2D eigenvalue weighted by atomic mass is 32.2. The molecule has 1 aliphatic heterocycles. The van der Waals surface area contributed by atoms with Gasteiger partial charge in [-0.15, -0.1) is 0 Å². The first kappa shape index (κ1) is 11.9. The highest BCUT2D eigenvalue weighted by molar-refractivity contribution is 7.92. The van der Waals surface area contributed by atoms with Gasteiger partial charge in [-0.05, 0) is 0 Å². The molecule has 0 aromatic carbocycles. The molecule has 1 fully saturated rings. The average Bonchev–Trinajstić information content (AvgIpc) is 2.18. The van der Waals surface area contributed by atoms with Crippen LogP contribution in [0.1, 0.15) is 0 Å². The number of rotatable bonds is 3. The number of nitriles is 1. The zero-order chi connectivity index (χ0) is 11.3. The van der Waals surface area contributed by atoms with Gasteiger partial charge in [-0.1, -0.05) is 0 Å². The lowest BCUT2D eigenvalue weighted by Crippen LogP contribution is -2.48. The van der Waals surface area contributed by atoms with E-state index in [-0.39, 0.29) is 0 Å². The lowest BCUT2D eigenvalue weighted by Gasteiger charge is -2.27. The van der Waals surface area contributed by atoms with Crippen LogP contribution in [0.4, 0.5) is 0 Å². The third-order valence-electron chi connectivity index (χ3n) is 2.10. The van der Waals surface area contributed by atoms with Gasteiger partial charge in [-0.3, -0.25) is 4.79 Å². The zero-order valence-corrected chi connectivity index (χ0v) is 9.09. The van der Waals surface area contributed by atoms with Gasteiger partial charge in [0.1, 0.15) is 11.5 Å². The van der Waals surface area contributed by atoms with Crippen molar-refractivity contribution < 1.29 is 13.2 Å². The lowest BCUT2D eigenvalue weighted by atomic mass is 10.3. The average molecular weight is 231 g/mol. The van der Waals surface area contributed by atoms with Gasteiger partial charge in [0.15, 0.2) is 9.84 Å². The molecule has 1 rings (SSSR count). The molecule has 1 saturated heterocycles. The molecule has 1 amide bonds. The van der Waals surface area contributed by atoms with E-state index in [1.54, 1.807) is 6.07 Å². The Kier molecular flexibility index (Phi) is 4.05. The van der Waals surface area contributed by atoms with E-state index in [0.717, 1.165) is 0 Å². The fourth-order valence-electron chi connectivity index (χ4n) is 1.34. The molecular weight excluding hydrogens is 218 g/mol. The van der Waals surface area contributed by atoms with E-state index in [0.29, 0.717) is 26.2 Å². The Hall–Kier alpha value is -1.13. The molecule has 6 nitrogen and oxygen atoms in total. The van der Waals surface area contributed by atoms with Gasteiger partial charge in [-0.25, -0.2) is 8.42 Å². The third-order valence-corrected chi connectivity index (χ3v) is 3.35. The standard InChI is InChI=1S/C8H13N3O3S/c9-1-6-15(13,14)7-8(12)11-4-2-10-3-5-11/h10H,2-7H2.